The Balaban J connectivity index is 1.67. The molecule has 3 heteroatoms. The van der Waals surface area contributed by atoms with Gasteiger partial charge < -0.3 is 4.57 Å². The third-order valence-electron chi connectivity index (χ3n) is 4.89. The standard InChI is InChI=1S/C24H17BrN2/c25-21-9-5-8-20(15-21)24-26-22-10-3-4-11-23(22)27(24)16-17-12-13-18-6-1-2-7-19(18)14-17/h1-15H,16H2. The summed E-state index contributed by atoms with van der Waals surface area (Å²) in [4.78, 5) is 4.92. The molecule has 1 heterocycles. The lowest BCUT2D eigenvalue weighted by Crippen LogP contribution is -2.02. The Morgan fingerprint density at radius 1 is 0.741 bits per heavy atom. The molecule has 1 aromatic heterocycles. The van der Waals surface area contributed by atoms with E-state index in [4.69, 9.17) is 4.98 Å². The number of para-hydroxylation sites is 2. The van der Waals surface area contributed by atoms with E-state index < -0.39 is 0 Å². The quantitative estimate of drug-likeness (QED) is 0.323. The van der Waals surface area contributed by atoms with E-state index in [1.165, 1.54) is 16.3 Å². The highest BCUT2D eigenvalue weighted by Gasteiger charge is 2.13. The predicted octanol–water partition coefficient (Wildman–Crippen LogP) is 6.67. The summed E-state index contributed by atoms with van der Waals surface area (Å²) < 4.78 is 3.37. The van der Waals surface area contributed by atoms with Gasteiger partial charge in [-0.25, -0.2) is 4.98 Å². The molecular weight excluding hydrogens is 396 g/mol. The molecule has 0 fully saturated rings. The summed E-state index contributed by atoms with van der Waals surface area (Å²) in [7, 11) is 0. The van der Waals surface area contributed by atoms with Gasteiger partial charge in [-0.3, -0.25) is 0 Å². The molecule has 0 saturated heterocycles. The zero-order valence-electron chi connectivity index (χ0n) is 14.6. The van der Waals surface area contributed by atoms with Gasteiger partial charge in [0.2, 0.25) is 0 Å². The molecule has 0 aliphatic carbocycles. The van der Waals surface area contributed by atoms with Gasteiger partial charge in [-0.2, -0.15) is 0 Å². The molecule has 0 radical (unpaired) electrons. The SMILES string of the molecule is Brc1cccc(-c2nc3ccccc3n2Cc2ccc3ccccc3c2)c1. The summed E-state index contributed by atoms with van der Waals surface area (Å²) in [5, 5.41) is 2.53. The van der Waals surface area contributed by atoms with Gasteiger partial charge in [0.15, 0.2) is 0 Å². The molecule has 0 spiro atoms. The second-order valence-electron chi connectivity index (χ2n) is 6.70. The van der Waals surface area contributed by atoms with Crippen LogP contribution in [0, 0.1) is 0 Å². The fourth-order valence-corrected chi connectivity index (χ4v) is 4.00. The second-order valence-corrected chi connectivity index (χ2v) is 7.62. The zero-order chi connectivity index (χ0) is 18.2. The van der Waals surface area contributed by atoms with Crippen molar-refractivity contribution in [2.24, 2.45) is 0 Å². The molecule has 0 unspecified atom stereocenters. The van der Waals surface area contributed by atoms with Gasteiger partial charge >= 0.3 is 0 Å². The van der Waals surface area contributed by atoms with Gasteiger partial charge in [0.05, 0.1) is 11.0 Å². The average Bonchev–Trinajstić information content (AvgIpc) is 3.06. The van der Waals surface area contributed by atoms with Crippen LogP contribution in [0.25, 0.3) is 33.2 Å². The summed E-state index contributed by atoms with van der Waals surface area (Å²) >= 11 is 3.58. The Labute approximate surface area is 166 Å². The highest BCUT2D eigenvalue weighted by atomic mass is 79.9. The van der Waals surface area contributed by atoms with Crippen LogP contribution in [-0.4, -0.2) is 9.55 Å². The van der Waals surface area contributed by atoms with Crippen molar-refractivity contribution in [3.63, 3.8) is 0 Å². The molecule has 2 nitrogen and oxygen atoms in total. The highest BCUT2D eigenvalue weighted by Crippen LogP contribution is 2.28. The van der Waals surface area contributed by atoms with E-state index in [0.717, 1.165) is 33.4 Å². The molecule has 27 heavy (non-hydrogen) atoms. The monoisotopic (exact) mass is 412 g/mol. The summed E-state index contributed by atoms with van der Waals surface area (Å²) in [5.41, 5.74) is 4.56. The number of rotatable bonds is 3. The number of hydrogen-bond acceptors (Lipinski definition) is 1. The first-order chi connectivity index (χ1) is 13.3. The van der Waals surface area contributed by atoms with Gasteiger partial charge in [0, 0.05) is 16.6 Å². The fraction of sp³-hybridized carbons (Fsp3) is 0.0417. The number of hydrogen-bond donors (Lipinski definition) is 0. The summed E-state index contributed by atoms with van der Waals surface area (Å²) in [6.07, 6.45) is 0. The van der Waals surface area contributed by atoms with Crippen LogP contribution in [0.2, 0.25) is 0 Å². The number of fused-ring (bicyclic) bond motifs is 2. The minimum Gasteiger partial charge on any atom is -0.319 e. The maximum Gasteiger partial charge on any atom is 0.141 e. The molecule has 0 N–H and O–H groups in total. The van der Waals surface area contributed by atoms with Crippen LogP contribution in [0.4, 0.5) is 0 Å². The Morgan fingerprint density at radius 2 is 1.56 bits per heavy atom. The normalized spacial score (nSPS) is 11.3. The van der Waals surface area contributed by atoms with E-state index in [1.54, 1.807) is 0 Å². The smallest absolute Gasteiger partial charge is 0.141 e. The van der Waals surface area contributed by atoms with Crippen molar-refractivity contribution in [2.45, 2.75) is 6.54 Å². The minimum absolute atomic E-state index is 0.785. The average molecular weight is 413 g/mol. The van der Waals surface area contributed by atoms with Crippen molar-refractivity contribution in [3.8, 4) is 11.4 Å². The third kappa shape index (κ3) is 3.04. The van der Waals surface area contributed by atoms with Crippen molar-refractivity contribution in [1.29, 1.82) is 0 Å². The summed E-state index contributed by atoms with van der Waals surface area (Å²) in [6.45, 7) is 0.785. The summed E-state index contributed by atoms with van der Waals surface area (Å²) in [5.74, 6) is 0.991. The first-order valence-corrected chi connectivity index (χ1v) is 9.76. The molecule has 130 valence electrons. The zero-order valence-corrected chi connectivity index (χ0v) is 16.2. The lowest BCUT2D eigenvalue weighted by Gasteiger charge is -2.11. The van der Waals surface area contributed by atoms with Crippen molar-refractivity contribution in [3.05, 3.63) is 101 Å². The van der Waals surface area contributed by atoms with Crippen LogP contribution in [0.3, 0.4) is 0 Å². The Bertz CT molecular complexity index is 1270. The van der Waals surface area contributed by atoms with Crippen LogP contribution in [0.1, 0.15) is 5.56 Å². The lowest BCUT2D eigenvalue weighted by atomic mass is 10.1. The molecule has 5 rings (SSSR count). The van der Waals surface area contributed by atoms with E-state index in [0.29, 0.717) is 0 Å². The van der Waals surface area contributed by atoms with Crippen molar-refractivity contribution in [2.75, 3.05) is 0 Å². The Morgan fingerprint density at radius 3 is 2.44 bits per heavy atom. The number of halogens is 1. The molecule has 0 aliphatic heterocycles. The topological polar surface area (TPSA) is 17.8 Å². The van der Waals surface area contributed by atoms with Crippen LogP contribution in [0.15, 0.2) is 95.5 Å². The lowest BCUT2D eigenvalue weighted by molar-refractivity contribution is 0.835. The molecular formula is C24H17BrN2. The largest absolute Gasteiger partial charge is 0.319 e. The first kappa shape index (κ1) is 16.3. The van der Waals surface area contributed by atoms with E-state index in [9.17, 15) is 0 Å². The molecule has 4 aromatic carbocycles. The maximum atomic E-state index is 4.92. The van der Waals surface area contributed by atoms with E-state index >= 15 is 0 Å². The van der Waals surface area contributed by atoms with Crippen molar-refractivity contribution in [1.82, 2.24) is 9.55 Å². The van der Waals surface area contributed by atoms with Crippen LogP contribution in [-0.2, 0) is 6.54 Å². The minimum atomic E-state index is 0.785. The van der Waals surface area contributed by atoms with Gasteiger partial charge in [-0.05, 0) is 46.7 Å². The maximum absolute atomic E-state index is 4.92. The summed E-state index contributed by atoms with van der Waals surface area (Å²) in [6, 6.07) is 31.8. The molecule has 0 atom stereocenters. The van der Waals surface area contributed by atoms with Crippen LogP contribution in [0.5, 0.6) is 0 Å². The van der Waals surface area contributed by atoms with Gasteiger partial charge in [0.1, 0.15) is 5.82 Å². The van der Waals surface area contributed by atoms with Gasteiger partial charge in [-0.1, -0.05) is 76.6 Å². The van der Waals surface area contributed by atoms with Crippen LogP contribution < -0.4 is 0 Å². The van der Waals surface area contributed by atoms with E-state index in [2.05, 4.69) is 99.4 Å². The van der Waals surface area contributed by atoms with Crippen molar-refractivity contribution < 1.29 is 0 Å². The van der Waals surface area contributed by atoms with Crippen molar-refractivity contribution >= 4 is 37.7 Å². The molecule has 0 bridgehead atoms. The molecule has 0 aliphatic rings. The number of aromatic nitrogens is 2. The highest BCUT2D eigenvalue weighted by molar-refractivity contribution is 9.10. The van der Waals surface area contributed by atoms with Gasteiger partial charge in [-0.15, -0.1) is 0 Å². The van der Waals surface area contributed by atoms with E-state index in [1.807, 2.05) is 12.1 Å². The number of nitrogens with zero attached hydrogens (tertiary/aromatic N) is 2. The third-order valence-corrected chi connectivity index (χ3v) is 5.39. The Kier molecular flexibility index (Phi) is 4.02. The molecule has 0 saturated carbocycles. The predicted molar refractivity (Wildman–Crippen MR) is 116 cm³/mol. The number of benzene rings is 4. The van der Waals surface area contributed by atoms with E-state index in [-0.39, 0.29) is 0 Å². The van der Waals surface area contributed by atoms with Crippen LogP contribution >= 0.6 is 15.9 Å². The second kappa shape index (κ2) is 6.67. The molecule has 0 amide bonds. The molecule has 5 aromatic rings. The Hall–Kier alpha value is -2.91. The first-order valence-electron chi connectivity index (χ1n) is 8.97. The number of imidazole rings is 1. The fourth-order valence-electron chi connectivity index (χ4n) is 3.60. The van der Waals surface area contributed by atoms with Gasteiger partial charge in [0.25, 0.3) is 0 Å².